The van der Waals surface area contributed by atoms with Crippen LogP contribution >= 0.6 is 11.8 Å². The minimum atomic E-state index is -0.697. The molecule has 0 saturated heterocycles. The topological polar surface area (TPSA) is 26.3 Å². The van der Waals surface area contributed by atoms with E-state index in [4.69, 9.17) is 4.74 Å². The zero-order valence-corrected chi connectivity index (χ0v) is 15.0. The van der Waals surface area contributed by atoms with Crippen molar-refractivity contribution in [1.82, 2.24) is 0 Å². The van der Waals surface area contributed by atoms with Gasteiger partial charge in [-0.25, -0.2) is 4.39 Å². The van der Waals surface area contributed by atoms with Gasteiger partial charge in [-0.05, 0) is 37.4 Å². The highest BCUT2D eigenvalue weighted by Gasteiger charge is 2.20. The first kappa shape index (κ1) is 20.8. The second-order valence-corrected chi connectivity index (χ2v) is 7.34. The molecule has 0 aromatic heterocycles. The number of halogens is 1. The van der Waals surface area contributed by atoms with E-state index in [1.54, 1.807) is 11.8 Å². The third-order valence-corrected chi connectivity index (χ3v) is 4.67. The van der Waals surface area contributed by atoms with Crippen LogP contribution in [0, 0.1) is 5.92 Å². The molecule has 126 valence electrons. The van der Waals surface area contributed by atoms with Gasteiger partial charge in [-0.15, -0.1) is 11.8 Å². The van der Waals surface area contributed by atoms with Crippen LogP contribution in [0.15, 0.2) is 0 Å². The van der Waals surface area contributed by atoms with Crippen molar-refractivity contribution in [3.63, 3.8) is 0 Å². The molecular weight excluding hydrogens is 287 g/mol. The lowest BCUT2D eigenvalue weighted by molar-refractivity contribution is -0.144. The van der Waals surface area contributed by atoms with Gasteiger partial charge in [0.15, 0.2) is 0 Å². The second kappa shape index (κ2) is 13.4. The molecule has 0 amide bonds. The van der Waals surface area contributed by atoms with Gasteiger partial charge in [0.1, 0.15) is 5.25 Å². The molecule has 0 fully saturated rings. The Hall–Kier alpha value is -0.250. The summed E-state index contributed by atoms with van der Waals surface area (Å²) >= 11 is 1.64. The molecule has 4 heteroatoms. The summed E-state index contributed by atoms with van der Waals surface area (Å²) in [6, 6.07) is 0. The lowest BCUT2D eigenvalue weighted by Gasteiger charge is -2.17. The quantitative estimate of drug-likeness (QED) is 0.336. The largest absolute Gasteiger partial charge is 0.465 e. The highest BCUT2D eigenvalue weighted by molar-refractivity contribution is 8.00. The van der Waals surface area contributed by atoms with Crippen molar-refractivity contribution in [1.29, 1.82) is 0 Å². The zero-order chi connectivity index (χ0) is 16.1. The molecule has 0 rings (SSSR count). The molecule has 0 bridgehead atoms. The Morgan fingerprint density at radius 2 is 1.86 bits per heavy atom. The van der Waals surface area contributed by atoms with Crippen molar-refractivity contribution >= 4 is 17.7 Å². The van der Waals surface area contributed by atoms with Gasteiger partial charge >= 0.3 is 5.97 Å². The predicted octanol–water partition coefficient (Wildman–Crippen LogP) is 5.40. The Kier molecular flexibility index (Phi) is 13.3. The maximum atomic E-state index is 13.2. The van der Waals surface area contributed by atoms with Crippen molar-refractivity contribution in [2.45, 2.75) is 84.1 Å². The van der Waals surface area contributed by atoms with Gasteiger partial charge in [-0.3, -0.25) is 4.79 Å². The molecule has 0 aliphatic carbocycles. The number of hydrogen-bond acceptors (Lipinski definition) is 3. The van der Waals surface area contributed by atoms with Crippen LogP contribution in [0.3, 0.4) is 0 Å². The fourth-order valence-corrected chi connectivity index (χ4v) is 3.08. The summed E-state index contributed by atoms with van der Waals surface area (Å²) in [5, 5.41) is -0.0741. The number of carbonyl (C=O) groups is 1. The van der Waals surface area contributed by atoms with Crippen molar-refractivity contribution in [3.05, 3.63) is 0 Å². The highest BCUT2D eigenvalue weighted by atomic mass is 32.2. The molecule has 2 unspecified atom stereocenters. The van der Waals surface area contributed by atoms with Gasteiger partial charge in [0.2, 0.25) is 0 Å². The summed E-state index contributed by atoms with van der Waals surface area (Å²) in [7, 11) is 0. The Balaban J connectivity index is 4.09. The molecule has 0 aromatic carbocycles. The maximum Gasteiger partial charge on any atom is 0.319 e. The molecule has 0 saturated carbocycles. The first-order valence-electron chi connectivity index (χ1n) is 8.43. The number of alkyl halides is 1. The van der Waals surface area contributed by atoms with Crippen molar-refractivity contribution in [2.75, 3.05) is 12.4 Å². The van der Waals surface area contributed by atoms with E-state index in [1.165, 1.54) is 0 Å². The molecular formula is C17H33FO2S. The number of unbranched alkanes of at least 4 members (excludes halogenated alkanes) is 2. The van der Waals surface area contributed by atoms with Gasteiger partial charge < -0.3 is 4.74 Å². The van der Waals surface area contributed by atoms with Crippen LogP contribution < -0.4 is 0 Å². The average molecular weight is 321 g/mol. The van der Waals surface area contributed by atoms with Gasteiger partial charge in [-0.1, -0.05) is 47.0 Å². The molecule has 0 heterocycles. The monoisotopic (exact) mass is 320 g/mol. The fraction of sp³-hybridized carbons (Fsp3) is 0.941. The zero-order valence-electron chi connectivity index (χ0n) is 14.2. The van der Waals surface area contributed by atoms with Crippen LogP contribution in [-0.2, 0) is 9.53 Å². The number of ether oxygens (including phenoxy) is 1. The van der Waals surface area contributed by atoms with E-state index in [0.29, 0.717) is 25.4 Å². The molecule has 0 aliphatic heterocycles. The molecule has 2 atom stereocenters. The minimum Gasteiger partial charge on any atom is -0.465 e. The van der Waals surface area contributed by atoms with E-state index in [2.05, 4.69) is 6.92 Å². The summed E-state index contributed by atoms with van der Waals surface area (Å²) in [5.41, 5.74) is 0. The molecule has 2 nitrogen and oxygen atoms in total. The second-order valence-electron chi connectivity index (χ2n) is 6.03. The average Bonchev–Trinajstić information content (AvgIpc) is 2.46. The summed E-state index contributed by atoms with van der Waals surface area (Å²) in [5.74, 6) is 1.12. The summed E-state index contributed by atoms with van der Waals surface area (Å²) < 4.78 is 18.5. The molecule has 0 aliphatic rings. The number of esters is 1. The molecule has 0 N–H and O–H groups in total. The Morgan fingerprint density at radius 1 is 1.14 bits per heavy atom. The molecule has 21 heavy (non-hydrogen) atoms. The van der Waals surface area contributed by atoms with Gasteiger partial charge in [-0.2, -0.15) is 0 Å². The van der Waals surface area contributed by atoms with E-state index < -0.39 is 6.17 Å². The van der Waals surface area contributed by atoms with Crippen LogP contribution in [0.1, 0.15) is 72.6 Å². The lowest BCUT2D eigenvalue weighted by Crippen LogP contribution is -2.23. The van der Waals surface area contributed by atoms with Crippen molar-refractivity contribution in [2.24, 2.45) is 5.92 Å². The van der Waals surface area contributed by atoms with E-state index in [9.17, 15) is 9.18 Å². The normalized spacial score (nSPS) is 14.2. The number of thioether (sulfide) groups is 1. The predicted molar refractivity (Wildman–Crippen MR) is 90.6 cm³/mol. The summed E-state index contributed by atoms with van der Waals surface area (Å²) in [4.78, 5) is 12.1. The van der Waals surface area contributed by atoms with Crippen LogP contribution in [0.4, 0.5) is 4.39 Å². The van der Waals surface area contributed by atoms with E-state index in [0.717, 1.165) is 37.9 Å². The first-order chi connectivity index (χ1) is 10.0. The van der Waals surface area contributed by atoms with Crippen LogP contribution in [-0.4, -0.2) is 29.8 Å². The smallest absolute Gasteiger partial charge is 0.319 e. The van der Waals surface area contributed by atoms with Crippen LogP contribution in [0.25, 0.3) is 0 Å². The Bertz CT molecular complexity index is 259. The SMILES string of the molecule is CCCCCC(SCCCC(F)CC)C(=O)OCC(C)C. The van der Waals surface area contributed by atoms with Gasteiger partial charge in [0.25, 0.3) is 0 Å². The van der Waals surface area contributed by atoms with E-state index in [-0.39, 0.29) is 11.2 Å². The Morgan fingerprint density at radius 3 is 2.43 bits per heavy atom. The van der Waals surface area contributed by atoms with Crippen LogP contribution in [0.5, 0.6) is 0 Å². The summed E-state index contributed by atoms with van der Waals surface area (Å²) in [6.45, 7) is 8.60. The fourth-order valence-electron chi connectivity index (χ4n) is 1.93. The van der Waals surface area contributed by atoms with Gasteiger partial charge in [0.05, 0.1) is 12.8 Å². The standard InChI is InChI=1S/C17H33FO2S/c1-5-7-8-11-16(17(19)20-13-14(3)4)21-12-9-10-15(18)6-2/h14-16H,5-13H2,1-4H3. The van der Waals surface area contributed by atoms with E-state index >= 15 is 0 Å². The molecule has 0 aromatic rings. The van der Waals surface area contributed by atoms with Gasteiger partial charge in [0, 0.05) is 0 Å². The summed E-state index contributed by atoms with van der Waals surface area (Å²) in [6.07, 6.45) is 5.56. The number of rotatable bonds is 13. The lowest BCUT2D eigenvalue weighted by atomic mass is 10.1. The molecule has 0 radical (unpaired) electrons. The minimum absolute atomic E-state index is 0.0741. The number of carbonyl (C=O) groups excluding carboxylic acids is 1. The van der Waals surface area contributed by atoms with Crippen molar-refractivity contribution in [3.8, 4) is 0 Å². The molecule has 0 spiro atoms. The maximum absolute atomic E-state index is 13.2. The third-order valence-electron chi connectivity index (χ3n) is 3.32. The van der Waals surface area contributed by atoms with E-state index in [1.807, 2.05) is 20.8 Å². The van der Waals surface area contributed by atoms with Crippen LogP contribution in [0.2, 0.25) is 0 Å². The number of hydrogen-bond donors (Lipinski definition) is 0. The third kappa shape index (κ3) is 12.0. The highest BCUT2D eigenvalue weighted by Crippen LogP contribution is 2.22. The first-order valence-corrected chi connectivity index (χ1v) is 9.48. The van der Waals surface area contributed by atoms with Crippen molar-refractivity contribution < 1.29 is 13.9 Å². The Labute approximate surface area is 134 Å².